The number of nitrogens with one attached hydrogen (secondary N) is 1. The number of amides is 2. The third kappa shape index (κ3) is 5.43. The van der Waals surface area contributed by atoms with Crippen LogP contribution in [0.5, 0.6) is 0 Å². The van der Waals surface area contributed by atoms with Crippen molar-refractivity contribution in [3.63, 3.8) is 0 Å². The smallest absolute Gasteiger partial charge is 0.338 e. The van der Waals surface area contributed by atoms with Crippen molar-refractivity contribution in [3.8, 4) is 0 Å². The van der Waals surface area contributed by atoms with Gasteiger partial charge < -0.3 is 15.0 Å². The predicted octanol–water partition coefficient (Wildman–Crippen LogP) is 4.16. The van der Waals surface area contributed by atoms with Crippen LogP contribution in [0.25, 0.3) is 0 Å². The van der Waals surface area contributed by atoms with E-state index < -0.39 is 5.92 Å². The van der Waals surface area contributed by atoms with Gasteiger partial charge in [-0.1, -0.05) is 19.8 Å². The third-order valence-corrected chi connectivity index (χ3v) is 5.00. The van der Waals surface area contributed by atoms with Crippen molar-refractivity contribution in [3.05, 3.63) is 59.9 Å². The van der Waals surface area contributed by atoms with Gasteiger partial charge in [0.05, 0.1) is 18.1 Å². The van der Waals surface area contributed by atoms with E-state index in [-0.39, 0.29) is 36.6 Å². The molecular weight excluding hydrogens is 387 g/mol. The zero-order valence-electron chi connectivity index (χ0n) is 16.9. The molecule has 0 radical (unpaired) electrons. The first-order valence-corrected chi connectivity index (χ1v) is 10.1. The minimum Gasteiger partial charge on any atom is -0.462 e. The topological polar surface area (TPSA) is 75.7 Å². The second kappa shape index (κ2) is 10.0. The van der Waals surface area contributed by atoms with Crippen LogP contribution in [0.15, 0.2) is 48.5 Å². The van der Waals surface area contributed by atoms with E-state index in [1.165, 1.54) is 29.2 Å². The van der Waals surface area contributed by atoms with E-state index in [1.807, 2.05) is 0 Å². The van der Waals surface area contributed by atoms with Gasteiger partial charge in [-0.05, 0) is 55.0 Å². The maximum atomic E-state index is 13.1. The zero-order chi connectivity index (χ0) is 21.5. The minimum absolute atomic E-state index is 0.0887. The fourth-order valence-corrected chi connectivity index (χ4v) is 3.29. The molecule has 6 nitrogen and oxygen atoms in total. The van der Waals surface area contributed by atoms with Crippen molar-refractivity contribution in [2.45, 2.75) is 32.6 Å². The number of halogens is 1. The fourth-order valence-electron chi connectivity index (χ4n) is 3.29. The molecule has 0 aliphatic carbocycles. The van der Waals surface area contributed by atoms with Gasteiger partial charge in [-0.15, -0.1) is 0 Å². The standard InChI is InChI=1S/C23H25FN2O4/c1-2-3-4-13-30-23(29)16-5-9-19(10-6-16)25-22(28)17-14-21(27)26(15-17)20-11-7-18(24)8-12-20/h5-12,17H,2-4,13-15H2,1H3,(H,25,28)/t17-/m1/s1. The molecule has 2 amide bonds. The Hall–Kier alpha value is -3.22. The summed E-state index contributed by atoms with van der Waals surface area (Å²) >= 11 is 0. The average molecular weight is 412 g/mol. The minimum atomic E-state index is -0.509. The van der Waals surface area contributed by atoms with E-state index in [9.17, 15) is 18.8 Å². The second-order valence-corrected chi connectivity index (χ2v) is 7.29. The lowest BCUT2D eigenvalue weighted by Gasteiger charge is -2.16. The summed E-state index contributed by atoms with van der Waals surface area (Å²) in [7, 11) is 0. The van der Waals surface area contributed by atoms with Gasteiger partial charge in [0.2, 0.25) is 11.8 Å². The van der Waals surface area contributed by atoms with Crippen LogP contribution in [0.1, 0.15) is 43.0 Å². The normalized spacial score (nSPS) is 15.9. The van der Waals surface area contributed by atoms with Crippen LogP contribution in [0.3, 0.4) is 0 Å². The highest BCUT2D eigenvalue weighted by molar-refractivity contribution is 6.03. The van der Waals surface area contributed by atoms with Crippen LogP contribution < -0.4 is 10.2 Å². The van der Waals surface area contributed by atoms with Gasteiger partial charge in [-0.2, -0.15) is 0 Å². The summed E-state index contributed by atoms with van der Waals surface area (Å²) in [5.74, 6) is -1.73. The Morgan fingerprint density at radius 1 is 1.10 bits per heavy atom. The van der Waals surface area contributed by atoms with Crippen LogP contribution in [-0.2, 0) is 14.3 Å². The Labute approximate surface area is 175 Å². The van der Waals surface area contributed by atoms with Crippen molar-refractivity contribution in [1.82, 2.24) is 0 Å². The Kier molecular flexibility index (Phi) is 7.17. The van der Waals surface area contributed by atoms with E-state index in [0.717, 1.165) is 19.3 Å². The Bertz CT molecular complexity index is 896. The molecule has 0 saturated carbocycles. The number of ether oxygens (including phenoxy) is 1. The maximum absolute atomic E-state index is 13.1. The molecule has 2 aromatic rings. The molecule has 0 unspecified atom stereocenters. The first-order chi connectivity index (χ1) is 14.5. The highest BCUT2D eigenvalue weighted by Gasteiger charge is 2.35. The third-order valence-electron chi connectivity index (χ3n) is 5.00. The van der Waals surface area contributed by atoms with Gasteiger partial charge in [-0.3, -0.25) is 9.59 Å². The lowest BCUT2D eigenvalue weighted by atomic mass is 10.1. The number of hydrogen-bond donors (Lipinski definition) is 1. The number of unbranched alkanes of at least 4 members (excludes halogenated alkanes) is 2. The Morgan fingerprint density at radius 3 is 2.47 bits per heavy atom. The maximum Gasteiger partial charge on any atom is 0.338 e. The summed E-state index contributed by atoms with van der Waals surface area (Å²) < 4.78 is 18.3. The van der Waals surface area contributed by atoms with Crippen molar-refractivity contribution in [1.29, 1.82) is 0 Å². The number of carbonyl (C=O) groups is 3. The molecule has 0 spiro atoms. The Balaban J connectivity index is 1.54. The fraction of sp³-hybridized carbons (Fsp3) is 0.348. The molecule has 30 heavy (non-hydrogen) atoms. The lowest BCUT2D eigenvalue weighted by Crippen LogP contribution is -2.28. The van der Waals surface area contributed by atoms with Crippen molar-refractivity contribution in [2.24, 2.45) is 5.92 Å². The summed E-state index contributed by atoms with van der Waals surface area (Å²) in [4.78, 5) is 38.3. The van der Waals surface area contributed by atoms with Crippen molar-refractivity contribution in [2.75, 3.05) is 23.4 Å². The Morgan fingerprint density at radius 2 is 1.80 bits per heavy atom. The molecule has 2 aromatic carbocycles. The van der Waals surface area contributed by atoms with Crippen LogP contribution in [0.2, 0.25) is 0 Å². The van der Waals surface area contributed by atoms with E-state index in [4.69, 9.17) is 4.74 Å². The van der Waals surface area contributed by atoms with E-state index in [2.05, 4.69) is 12.2 Å². The van der Waals surface area contributed by atoms with Crippen LogP contribution in [-0.4, -0.2) is 30.9 Å². The van der Waals surface area contributed by atoms with Crippen molar-refractivity contribution >= 4 is 29.2 Å². The molecule has 1 aliphatic rings. The largest absolute Gasteiger partial charge is 0.462 e. The highest BCUT2D eigenvalue weighted by Crippen LogP contribution is 2.26. The number of benzene rings is 2. The van der Waals surface area contributed by atoms with Crippen LogP contribution >= 0.6 is 0 Å². The van der Waals surface area contributed by atoms with Gasteiger partial charge >= 0.3 is 5.97 Å². The van der Waals surface area contributed by atoms with E-state index in [1.54, 1.807) is 24.3 Å². The molecule has 1 N–H and O–H groups in total. The predicted molar refractivity (Wildman–Crippen MR) is 112 cm³/mol. The molecule has 7 heteroatoms. The number of esters is 1. The molecule has 0 aromatic heterocycles. The van der Waals surface area contributed by atoms with Crippen LogP contribution in [0, 0.1) is 11.7 Å². The molecule has 0 bridgehead atoms. The monoisotopic (exact) mass is 412 g/mol. The summed E-state index contributed by atoms with van der Waals surface area (Å²) in [5.41, 5.74) is 1.52. The van der Waals surface area contributed by atoms with Gasteiger partial charge in [0.25, 0.3) is 0 Å². The average Bonchev–Trinajstić information content (AvgIpc) is 3.14. The molecule has 158 valence electrons. The molecular formula is C23H25FN2O4. The number of rotatable bonds is 8. The molecule has 1 saturated heterocycles. The van der Waals surface area contributed by atoms with E-state index >= 15 is 0 Å². The summed E-state index contributed by atoms with van der Waals surface area (Å²) in [6.07, 6.45) is 3.00. The van der Waals surface area contributed by atoms with Gasteiger partial charge in [-0.25, -0.2) is 9.18 Å². The SMILES string of the molecule is CCCCCOC(=O)c1ccc(NC(=O)[C@@H]2CC(=O)N(c3ccc(F)cc3)C2)cc1. The molecule has 1 heterocycles. The first-order valence-electron chi connectivity index (χ1n) is 10.1. The highest BCUT2D eigenvalue weighted by atomic mass is 19.1. The molecule has 1 fully saturated rings. The van der Waals surface area contributed by atoms with Gasteiger partial charge in [0, 0.05) is 24.3 Å². The van der Waals surface area contributed by atoms with Crippen LogP contribution in [0.4, 0.5) is 15.8 Å². The zero-order valence-corrected chi connectivity index (χ0v) is 16.9. The first kappa shape index (κ1) is 21.5. The summed E-state index contributed by atoms with van der Waals surface area (Å²) in [6.45, 7) is 2.71. The number of anilines is 2. The summed E-state index contributed by atoms with van der Waals surface area (Å²) in [5, 5.41) is 2.78. The summed E-state index contributed by atoms with van der Waals surface area (Å²) in [6, 6.07) is 12.1. The number of carbonyl (C=O) groups excluding carboxylic acids is 3. The molecule has 1 aliphatic heterocycles. The van der Waals surface area contributed by atoms with Gasteiger partial charge in [0.15, 0.2) is 0 Å². The molecule has 3 rings (SSSR count). The van der Waals surface area contributed by atoms with Crippen molar-refractivity contribution < 1.29 is 23.5 Å². The lowest BCUT2D eigenvalue weighted by molar-refractivity contribution is -0.122. The number of hydrogen-bond acceptors (Lipinski definition) is 4. The quantitative estimate of drug-likeness (QED) is 0.522. The van der Waals surface area contributed by atoms with E-state index in [0.29, 0.717) is 23.5 Å². The number of nitrogens with zero attached hydrogens (tertiary/aromatic N) is 1. The van der Waals surface area contributed by atoms with Gasteiger partial charge in [0.1, 0.15) is 5.82 Å². The second-order valence-electron chi connectivity index (χ2n) is 7.29. The molecule has 1 atom stereocenters.